The standard InChI is InChI=1S/C19H24N6O/c20-15-3-1-2-4-16(15)24-13-7-12-5-6-23-19(26)18(12)17(8-13)25-14-9-21-11-22-10-14/h7-11,15-16,24-25H,1-6,20H2,(H,23,26)/t15-,16+/m0/s1. The number of nitrogens with two attached hydrogens (primary N) is 1. The number of benzene rings is 1. The molecule has 7 nitrogen and oxygen atoms in total. The van der Waals surface area contributed by atoms with Gasteiger partial charge in [-0.05, 0) is 37.0 Å². The molecule has 2 heterocycles. The van der Waals surface area contributed by atoms with E-state index in [4.69, 9.17) is 5.73 Å². The van der Waals surface area contributed by atoms with E-state index < -0.39 is 0 Å². The van der Waals surface area contributed by atoms with Crippen molar-refractivity contribution in [3.8, 4) is 0 Å². The number of rotatable bonds is 4. The molecule has 1 saturated carbocycles. The zero-order valence-corrected chi connectivity index (χ0v) is 14.7. The number of nitrogens with zero attached hydrogens (tertiary/aromatic N) is 2. The number of hydrogen-bond acceptors (Lipinski definition) is 6. The van der Waals surface area contributed by atoms with Crippen LogP contribution >= 0.6 is 0 Å². The second-order valence-corrected chi connectivity index (χ2v) is 7.02. The van der Waals surface area contributed by atoms with Crippen LogP contribution in [0.4, 0.5) is 17.1 Å². The van der Waals surface area contributed by atoms with Gasteiger partial charge in [0.25, 0.3) is 5.91 Å². The summed E-state index contributed by atoms with van der Waals surface area (Å²) in [6, 6.07) is 4.51. The molecule has 5 N–H and O–H groups in total. The first kappa shape index (κ1) is 16.8. The Labute approximate surface area is 152 Å². The Morgan fingerprint density at radius 1 is 1.12 bits per heavy atom. The van der Waals surface area contributed by atoms with Crippen molar-refractivity contribution in [2.75, 3.05) is 17.2 Å². The predicted octanol–water partition coefficient (Wildman–Crippen LogP) is 2.19. The molecular weight excluding hydrogens is 328 g/mol. The third-order valence-electron chi connectivity index (χ3n) is 5.14. The quantitative estimate of drug-likeness (QED) is 0.672. The number of anilines is 3. The molecule has 0 spiro atoms. The van der Waals surface area contributed by atoms with Crippen molar-refractivity contribution in [3.63, 3.8) is 0 Å². The topological polar surface area (TPSA) is 105 Å². The van der Waals surface area contributed by atoms with E-state index in [9.17, 15) is 4.79 Å². The fourth-order valence-corrected chi connectivity index (χ4v) is 3.82. The second-order valence-electron chi connectivity index (χ2n) is 7.02. The molecule has 2 atom stereocenters. The van der Waals surface area contributed by atoms with Gasteiger partial charge < -0.3 is 21.7 Å². The minimum absolute atomic E-state index is 0.0495. The van der Waals surface area contributed by atoms with Crippen molar-refractivity contribution in [2.24, 2.45) is 5.73 Å². The van der Waals surface area contributed by atoms with E-state index in [2.05, 4.69) is 32.0 Å². The molecule has 2 aliphatic rings. The third kappa shape index (κ3) is 3.48. The first-order chi connectivity index (χ1) is 12.7. The Balaban J connectivity index is 1.67. The summed E-state index contributed by atoms with van der Waals surface area (Å²) in [5, 5.41) is 9.81. The van der Waals surface area contributed by atoms with E-state index in [0.29, 0.717) is 12.1 Å². The van der Waals surface area contributed by atoms with E-state index in [-0.39, 0.29) is 18.0 Å². The van der Waals surface area contributed by atoms with Crippen LogP contribution in [0, 0.1) is 0 Å². The van der Waals surface area contributed by atoms with Gasteiger partial charge in [-0.1, -0.05) is 12.8 Å². The average molecular weight is 352 g/mol. The van der Waals surface area contributed by atoms with Crippen molar-refractivity contribution < 1.29 is 4.79 Å². The van der Waals surface area contributed by atoms with E-state index in [1.165, 1.54) is 19.2 Å². The molecule has 1 aliphatic heterocycles. The summed E-state index contributed by atoms with van der Waals surface area (Å²) in [5.41, 5.74) is 10.5. The summed E-state index contributed by atoms with van der Waals surface area (Å²) in [6.07, 6.45) is 10.2. The normalized spacial score (nSPS) is 22.3. The highest BCUT2D eigenvalue weighted by molar-refractivity contribution is 6.03. The number of amides is 1. The average Bonchev–Trinajstić information content (AvgIpc) is 2.64. The van der Waals surface area contributed by atoms with Crippen LogP contribution in [0.2, 0.25) is 0 Å². The van der Waals surface area contributed by atoms with Gasteiger partial charge in [0.2, 0.25) is 0 Å². The summed E-state index contributed by atoms with van der Waals surface area (Å²) >= 11 is 0. The first-order valence-electron chi connectivity index (χ1n) is 9.20. The smallest absolute Gasteiger partial charge is 0.253 e. The zero-order valence-electron chi connectivity index (χ0n) is 14.7. The molecule has 136 valence electrons. The van der Waals surface area contributed by atoms with Crippen LogP contribution in [0.25, 0.3) is 0 Å². The molecule has 0 bridgehead atoms. The van der Waals surface area contributed by atoms with E-state index in [1.54, 1.807) is 12.4 Å². The van der Waals surface area contributed by atoms with Gasteiger partial charge in [0, 0.05) is 24.3 Å². The van der Waals surface area contributed by atoms with E-state index in [0.717, 1.165) is 41.9 Å². The molecule has 0 radical (unpaired) electrons. The van der Waals surface area contributed by atoms with E-state index >= 15 is 0 Å². The Hall–Kier alpha value is -2.67. The van der Waals surface area contributed by atoms with Crippen LogP contribution < -0.4 is 21.7 Å². The minimum atomic E-state index is -0.0495. The summed E-state index contributed by atoms with van der Waals surface area (Å²) < 4.78 is 0. The van der Waals surface area contributed by atoms with Gasteiger partial charge in [-0.15, -0.1) is 0 Å². The lowest BCUT2D eigenvalue weighted by molar-refractivity contribution is 0.0947. The molecule has 2 aromatic rings. The second kappa shape index (κ2) is 7.29. The minimum Gasteiger partial charge on any atom is -0.381 e. The third-order valence-corrected chi connectivity index (χ3v) is 5.14. The summed E-state index contributed by atoms with van der Waals surface area (Å²) in [7, 11) is 0. The molecule has 4 rings (SSSR count). The molecule has 0 saturated heterocycles. The summed E-state index contributed by atoms with van der Waals surface area (Å²) in [4.78, 5) is 20.5. The fourth-order valence-electron chi connectivity index (χ4n) is 3.82. The predicted molar refractivity (Wildman–Crippen MR) is 102 cm³/mol. The van der Waals surface area contributed by atoms with Crippen LogP contribution in [0.3, 0.4) is 0 Å². The van der Waals surface area contributed by atoms with Gasteiger partial charge >= 0.3 is 0 Å². The maximum atomic E-state index is 12.4. The first-order valence-corrected chi connectivity index (χ1v) is 9.20. The number of fused-ring (bicyclic) bond motifs is 1. The molecule has 26 heavy (non-hydrogen) atoms. The molecule has 1 fully saturated rings. The van der Waals surface area contributed by atoms with Crippen molar-refractivity contribution in [1.82, 2.24) is 15.3 Å². The van der Waals surface area contributed by atoms with Crippen LogP contribution in [0.1, 0.15) is 41.6 Å². The Bertz CT molecular complexity index is 794. The number of nitrogens with one attached hydrogen (secondary N) is 3. The zero-order chi connectivity index (χ0) is 17.9. The highest BCUT2D eigenvalue weighted by Crippen LogP contribution is 2.31. The van der Waals surface area contributed by atoms with Crippen LogP contribution in [0.15, 0.2) is 30.9 Å². The highest BCUT2D eigenvalue weighted by atomic mass is 16.1. The molecule has 7 heteroatoms. The summed E-state index contributed by atoms with van der Waals surface area (Å²) in [5.74, 6) is -0.0495. The summed E-state index contributed by atoms with van der Waals surface area (Å²) in [6.45, 7) is 0.659. The SMILES string of the molecule is N[C@H]1CCCC[C@H]1Nc1cc2c(c(Nc3cncnc3)c1)C(=O)NCC2. The van der Waals surface area contributed by atoms with Crippen molar-refractivity contribution in [2.45, 2.75) is 44.2 Å². The number of aromatic nitrogens is 2. The van der Waals surface area contributed by atoms with E-state index in [1.807, 2.05) is 6.07 Å². The Morgan fingerprint density at radius 3 is 2.73 bits per heavy atom. The lowest BCUT2D eigenvalue weighted by atomic mass is 9.90. The van der Waals surface area contributed by atoms with Crippen LogP contribution in [-0.2, 0) is 6.42 Å². The maximum Gasteiger partial charge on any atom is 0.253 e. The van der Waals surface area contributed by atoms with Crippen molar-refractivity contribution >= 4 is 23.0 Å². The lowest BCUT2D eigenvalue weighted by Gasteiger charge is -2.31. The van der Waals surface area contributed by atoms with Gasteiger partial charge in [0.1, 0.15) is 6.33 Å². The molecule has 0 unspecified atom stereocenters. The Morgan fingerprint density at radius 2 is 1.92 bits per heavy atom. The fraction of sp³-hybridized carbons (Fsp3) is 0.421. The maximum absolute atomic E-state index is 12.4. The highest BCUT2D eigenvalue weighted by Gasteiger charge is 2.25. The molecule has 1 aromatic carbocycles. The monoisotopic (exact) mass is 352 g/mol. The van der Waals surface area contributed by atoms with Gasteiger partial charge in [-0.3, -0.25) is 4.79 Å². The Kier molecular flexibility index (Phi) is 4.71. The molecule has 1 aromatic heterocycles. The van der Waals surface area contributed by atoms with Crippen molar-refractivity contribution in [1.29, 1.82) is 0 Å². The number of carbonyl (C=O) groups excluding carboxylic acids is 1. The van der Waals surface area contributed by atoms with Gasteiger partial charge in [-0.25, -0.2) is 9.97 Å². The largest absolute Gasteiger partial charge is 0.381 e. The lowest BCUT2D eigenvalue weighted by Crippen LogP contribution is -2.42. The van der Waals surface area contributed by atoms with Gasteiger partial charge in [-0.2, -0.15) is 0 Å². The van der Waals surface area contributed by atoms with Gasteiger partial charge in [0.15, 0.2) is 0 Å². The van der Waals surface area contributed by atoms with Crippen LogP contribution in [-0.4, -0.2) is 34.5 Å². The van der Waals surface area contributed by atoms with Crippen molar-refractivity contribution in [3.05, 3.63) is 42.0 Å². The van der Waals surface area contributed by atoms with Gasteiger partial charge in [0.05, 0.1) is 29.3 Å². The number of carbonyl (C=O) groups is 1. The number of hydrogen-bond donors (Lipinski definition) is 4. The molecule has 1 amide bonds. The molecular formula is C19H24N6O. The van der Waals surface area contributed by atoms with Crippen LogP contribution in [0.5, 0.6) is 0 Å². The molecule has 1 aliphatic carbocycles.